The molecule has 0 bridgehead atoms. The molecular formula is C18H17N5O3. The third kappa shape index (κ3) is 3.63. The van der Waals surface area contributed by atoms with Gasteiger partial charge in [-0.1, -0.05) is 0 Å². The quantitative estimate of drug-likeness (QED) is 0.750. The van der Waals surface area contributed by atoms with Crippen LogP contribution in [0.5, 0.6) is 0 Å². The summed E-state index contributed by atoms with van der Waals surface area (Å²) >= 11 is 0. The van der Waals surface area contributed by atoms with Gasteiger partial charge in [0.1, 0.15) is 11.8 Å². The highest BCUT2D eigenvalue weighted by atomic mass is 16.4. The van der Waals surface area contributed by atoms with Crippen molar-refractivity contribution in [2.45, 2.75) is 6.54 Å². The number of nitriles is 1. The zero-order chi connectivity index (χ0) is 18.7. The van der Waals surface area contributed by atoms with Gasteiger partial charge in [-0.05, 0) is 44.4 Å². The Bertz CT molecular complexity index is 1040. The lowest BCUT2D eigenvalue weighted by atomic mass is 10.2. The van der Waals surface area contributed by atoms with Crippen LogP contribution in [0.1, 0.15) is 16.1 Å². The number of amides is 1. The van der Waals surface area contributed by atoms with E-state index < -0.39 is 11.7 Å². The zero-order valence-corrected chi connectivity index (χ0v) is 14.4. The summed E-state index contributed by atoms with van der Waals surface area (Å²) < 4.78 is 6.77. The molecule has 8 nitrogen and oxygen atoms in total. The predicted molar refractivity (Wildman–Crippen MR) is 95.9 cm³/mol. The fourth-order valence-corrected chi connectivity index (χ4v) is 2.44. The third-order valence-electron chi connectivity index (χ3n) is 3.82. The molecule has 1 N–H and O–H groups in total. The molecule has 0 unspecified atom stereocenters. The number of fused-ring (bicyclic) bond motifs is 1. The Kier molecular flexibility index (Phi) is 4.82. The van der Waals surface area contributed by atoms with E-state index in [0.717, 1.165) is 0 Å². The fraction of sp³-hybridized carbons (Fsp3) is 0.222. The van der Waals surface area contributed by atoms with Crippen LogP contribution in [0.2, 0.25) is 0 Å². The molecule has 0 aliphatic rings. The Morgan fingerprint density at radius 3 is 2.81 bits per heavy atom. The summed E-state index contributed by atoms with van der Waals surface area (Å²) in [6.45, 7) is 1.16. The molecule has 132 valence electrons. The molecule has 8 heteroatoms. The van der Waals surface area contributed by atoms with Crippen molar-refractivity contribution in [1.82, 2.24) is 14.5 Å². The van der Waals surface area contributed by atoms with Gasteiger partial charge in [0.2, 0.25) is 0 Å². The number of anilines is 1. The van der Waals surface area contributed by atoms with Crippen LogP contribution in [0, 0.1) is 11.3 Å². The molecule has 0 aliphatic carbocycles. The van der Waals surface area contributed by atoms with Crippen molar-refractivity contribution in [2.24, 2.45) is 0 Å². The van der Waals surface area contributed by atoms with E-state index in [2.05, 4.69) is 10.3 Å². The van der Waals surface area contributed by atoms with E-state index in [1.807, 2.05) is 25.1 Å². The van der Waals surface area contributed by atoms with Crippen LogP contribution in [0.25, 0.3) is 11.1 Å². The van der Waals surface area contributed by atoms with Crippen LogP contribution >= 0.6 is 0 Å². The van der Waals surface area contributed by atoms with Crippen LogP contribution in [0.4, 0.5) is 5.69 Å². The lowest BCUT2D eigenvalue weighted by Gasteiger charge is -2.10. The Morgan fingerprint density at radius 2 is 2.15 bits per heavy atom. The number of benzene rings is 1. The van der Waals surface area contributed by atoms with Crippen LogP contribution < -0.4 is 11.1 Å². The summed E-state index contributed by atoms with van der Waals surface area (Å²) in [5.74, 6) is -0.835. The summed E-state index contributed by atoms with van der Waals surface area (Å²) in [4.78, 5) is 30.3. The molecule has 0 radical (unpaired) electrons. The first kappa shape index (κ1) is 17.4. The largest absolute Gasteiger partial charge is 0.419 e. The smallest absolute Gasteiger partial charge is 0.408 e. The van der Waals surface area contributed by atoms with Gasteiger partial charge >= 0.3 is 5.76 Å². The highest BCUT2D eigenvalue weighted by Gasteiger charge is 2.12. The van der Waals surface area contributed by atoms with Crippen molar-refractivity contribution < 1.29 is 9.21 Å². The van der Waals surface area contributed by atoms with Gasteiger partial charge in [0.25, 0.3) is 5.91 Å². The Morgan fingerprint density at radius 1 is 1.35 bits per heavy atom. The maximum absolute atomic E-state index is 12.3. The van der Waals surface area contributed by atoms with Crippen molar-refractivity contribution in [1.29, 1.82) is 5.26 Å². The van der Waals surface area contributed by atoms with Gasteiger partial charge in [0.15, 0.2) is 5.58 Å². The molecule has 1 amide bonds. The standard InChI is InChI=1S/C18H17N5O3/c1-22(2)7-8-23-15-9-13(4-6-16(15)26-18(23)25)21-17(24)14-5-3-12(10-19)11-20-14/h3-6,9,11H,7-8H2,1-2H3,(H,21,24). The van der Waals surface area contributed by atoms with Crippen LogP contribution in [0.15, 0.2) is 45.7 Å². The Balaban J connectivity index is 1.85. The minimum absolute atomic E-state index is 0.196. The van der Waals surface area contributed by atoms with Crippen LogP contribution in [0.3, 0.4) is 0 Å². The van der Waals surface area contributed by atoms with Crippen molar-refractivity contribution >= 4 is 22.7 Å². The highest BCUT2D eigenvalue weighted by Crippen LogP contribution is 2.19. The predicted octanol–water partition coefficient (Wildman–Crippen LogP) is 1.68. The third-order valence-corrected chi connectivity index (χ3v) is 3.82. The number of likely N-dealkylation sites (N-methyl/N-ethyl adjacent to an activating group) is 1. The summed E-state index contributed by atoms with van der Waals surface area (Å²) in [5, 5.41) is 11.5. The second-order valence-electron chi connectivity index (χ2n) is 6.00. The van der Waals surface area contributed by atoms with E-state index in [9.17, 15) is 9.59 Å². The lowest BCUT2D eigenvalue weighted by Crippen LogP contribution is -2.23. The summed E-state index contributed by atoms with van der Waals surface area (Å²) in [5.41, 5.74) is 2.17. The number of aromatic nitrogens is 2. The Hall–Kier alpha value is -3.44. The maximum Gasteiger partial charge on any atom is 0.419 e. The van der Waals surface area contributed by atoms with Crippen molar-refractivity contribution in [3.63, 3.8) is 0 Å². The molecule has 0 aliphatic heterocycles. The van der Waals surface area contributed by atoms with Crippen molar-refractivity contribution in [3.05, 3.63) is 58.3 Å². The number of carbonyl (C=O) groups excluding carboxylic acids is 1. The average Bonchev–Trinajstić information content (AvgIpc) is 2.94. The minimum atomic E-state index is -0.431. The van der Waals surface area contributed by atoms with Gasteiger partial charge < -0.3 is 14.6 Å². The number of hydrogen-bond donors (Lipinski definition) is 1. The fourth-order valence-electron chi connectivity index (χ4n) is 2.44. The number of oxazole rings is 1. The maximum atomic E-state index is 12.3. The number of rotatable bonds is 5. The van der Waals surface area contributed by atoms with E-state index in [-0.39, 0.29) is 5.69 Å². The van der Waals surface area contributed by atoms with Crippen LogP contribution in [-0.2, 0) is 6.54 Å². The van der Waals surface area contributed by atoms with Crippen LogP contribution in [-0.4, -0.2) is 41.0 Å². The lowest BCUT2D eigenvalue weighted by molar-refractivity contribution is 0.102. The van der Waals surface area contributed by atoms with Crippen molar-refractivity contribution in [2.75, 3.05) is 26.0 Å². The van der Waals surface area contributed by atoms with Gasteiger partial charge in [0.05, 0.1) is 11.1 Å². The van der Waals surface area contributed by atoms with E-state index in [1.54, 1.807) is 18.2 Å². The van der Waals surface area contributed by atoms with Gasteiger partial charge in [0, 0.05) is 25.0 Å². The molecule has 3 aromatic rings. The highest BCUT2D eigenvalue weighted by molar-refractivity contribution is 6.03. The van der Waals surface area contributed by atoms with E-state index in [4.69, 9.17) is 9.68 Å². The molecule has 0 fully saturated rings. The first-order chi connectivity index (χ1) is 12.5. The van der Waals surface area contributed by atoms with E-state index in [1.165, 1.54) is 22.9 Å². The molecule has 2 aromatic heterocycles. The monoisotopic (exact) mass is 351 g/mol. The van der Waals surface area contributed by atoms with Crippen molar-refractivity contribution in [3.8, 4) is 6.07 Å². The molecule has 3 rings (SSSR count). The number of pyridine rings is 1. The van der Waals surface area contributed by atoms with Gasteiger partial charge in [-0.3, -0.25) is 9.36 Å². The molecule has 2 heterocycles. The second-order valence-corrected chi connectivity index (χ2v) is 6.00. The SMILES string of the molecule is CN(C)CCn1c(=O)oc2ccc(NC(=O)c3ccc(C#N)cn3)cc21. The number of nitrogens with zero attached hydrogens (tertiary/aromatic N) is 4. The molecule has 0 spiro atoms. The average molecular weight is 351 g/mol. The molecule has 1 aromatic carbocycles. The number of carbonyl (C=O) groups is 1. The second kappa shape index (κ2) is 7.21. The molecule has 0 atom stereocenters. The topological polar surface area (TPSA) is 104 Å². The van der Waals surface area contributed by atoms with Gasteiger partial charge in [-0.15, -0.1) is 0 Å². The first-order valence-electron chi connectivity index (χ1n) is 7.93. The summed E-state index contributed by atoms with van der Waals surface area (Å²) in [7, 11) is 3.84. The molecule has 26 heavy (non-hydrogen) atoms. The first-order valence-corrected chi connectivity index (χ1v) is 7.93. The van der Waals surface area contributed by atoms with Gasteiger partial charge in [-0.2, -0.15) is 5.26 Å². The van der Waals surface area contributed by atoms with E-state index >= 15 is 0 Å². The zero-order valence-electron chi connectivity index (χ0n) is 14.4. The summed E-state index contributed by atoms with van der Waals surface area (Å²) in [6, 6.07) is 9.95. The number of nitrogens with one attached hydrogen (secondary N) is 1. The van der Waals surface area contributed by atoms with Gasteiger partial charge in [-0.25, -0.2) is 9.78 Å². The Labute approximate surface area is 149 Å². The normalized spacial score (nSPS) is 10.8. The molecule has 0 saturated heterocycles. The molecular weight excluding hydrogens is 334 g/mol. The number of hydrogen-bond acceptors (Lipinski definition) is 6. The van der Waals surface area contributed by atoms with E-state index in [0.29, 0.717) is 35.4 Å². The molecule has 0 saturated carbocycles. The minimum Gasteiger partial charge on any atom is -0.408 e. The summed E-state index contributed by atoms with van der Waals surface area (Å²) in [6.07, 6.45) is 1.34.